The van der Waals surface area contributed by atoms with Crippen molar-refractivity contribution in [3.8, 4) is 11.5 Å². The topological polar surface area (TPSA) is 110 Å². The van der Waals surface area contributed by atoms with Gasteiger partial charge in [0.05, 0.1) is 18.6 Å². The number of aliphatic hydroxyl groups is 1. The van der Waals surface area contributed by atoms with E-state index >= 15 is 0 Å². The van der Waals surface area contributed by atoms with Gasteiger partial charge in [0.25, 0.3) is 0 Å². The molecule has 0 radical (unpaired) electrons. The summed E-state index contributed by atoms with van der Waals surface area (Å²) in [4.78, 5) is 11.2. The molecular formula is C12H14O7S. The zero-order valence-electron chi connectivity index (χ0n) is 10.6. The molecule has 0 saturated carbocycles. The summed E-state index contributed by atoms with van der Waals surface area (Å²) in [5.74, 6) is -1.60. The Morgan fingerprint density at radius 3 is 2.55 bits per heavy atom. The molecule has 1 fully saturated rings. The number of methoxy groups -OCH3 is 1. The quantitative estimate of drug-likeness (QED) is 0.801. The highest BCUT2D eigenvalue weighted by atomic mass is 32.2. The van der Waals surface area contributed by atoms with Crippen LogP contribution in [0.15, 0.2) is 18.2 Å². The number of ether oxygens (including phenoxy) is 2. The van der Waals surface area contributed by atoms with E-state index < -0.39 is 28.0 Å². The standard InChI is InChI=1S/C12H14O7S/c1-18-7-2-3-10(8(4-7)12(14)15)19-11-6-20(16,17)5-9(11)13/h2-4,9,11,13H,5-6H2,1H3,(H,14,15). The summed E-state index contributed by atoms with van der Waals surface area (Å²) in [6.07, 6.45) is -2.13. The predicted octanol–water partition coefficient (Wildman–Crippen LogP) is -0.0699. The molecule has 2 unspecified atom stereocenters. The van der Waals surface area contributed by atoms with Crippen LogP contribution in [0.5, 0.6) is 11.5 Å². The maximum absolute atomic E-state index is 11.4. The third-order valence-electron chi connectivity index (χ3n) is 2.97. The van der Waals surface area contributed by atoms with E-state index in [1.807, 2.05) is 0 Å². The second-order valence-corrected chi connectivity index (χ2v) is 6.62. The van der Waals surface area contributed by atoms with Crippen LogP contribution in [0.25, 0.3) is 0 Å². The summed E-state index contributed by atoms with van der Waals surface area (Å²) in [6.45, 7) is 0. The van der Waals surface area contributed by atoms with Gasteiger partial charge in [0, 0.05) is 0 Å². The number of hydrogen-bond acceptors (Lipinski definition) is 6. The normalized spacial score (nSPS) is 24.3. The molecular weight excluding hydrogens is 288 g/mol. The fourth-order valence-corrected chi connectivity index (χ4v) is 3.64. The van der Waals surface area contributed by atoms with Gasteiger partial charge >= 0.3 is 5.97 Å². The Hall–Kier alpha value is -1.80. The van der Waals surface area contributed by atoms with E-state index in [0.29, 0.717) is 5.75 Å². The first-order valence-electron chi connectivity index (χ1n) is 5.79. The minimum atomic E-state index is -3.36. The number of sulfone groups is 1. The summed E-state index contributed by atoms with van der Waals surface area (Å²) >= 11 is 0. The van der Waals surface area contributed by atoms with E-state index in [4.69, 9.17) is 14.6 Å². The van der Waals surface area contributed by atoms with Crippen LogP contribution in [0.3, 0.4) is 0 Å². The van der Waals surface area contributed by atoms with Crippen molar-refractivity contribution >= 4 is 15.8 Å². The van der Waals surface area contributed by atoms with Crippen molar-refractivity contribution in [2.45, 2.75) is 12.2 Å². The van der Waals surface area contributed by atoms with E-state index in [1.165, 1.54) is 25.3 Å². The molecule has 0 amide bonds. The minimum Gasteiger partial charge on any atom is -0.497 e. The largest absolute Gasteiger partial charge is 0.497 e. The molecule has 110 valence electrons. The Morgan fingerprint density at radius 1 is 1.35 bits per heavy atom. The van der Waals surface area contributed by atoms with Crippen LogP contribution in [-0.2, 0) is 9.84 Å². The number of carboxylic acid groups (broad SMARTS) is 1. The van der Waals surface area contributed by atoms with E-state index in [0.717, 1.165) is 0 Å². The molecule has 1 aromatic rings. The average Bonchev–Trinajstić information content (AvgIpc) is 2.62. The van der Waals surface area contributed by atoms with Crippen molar-refractivity contribution < 1.29 is 32.9 Å². The molecule has 0 bridgehead atoms. The fourth-order valence-electron chi connectivity index (χ4n) is 1.98. The highest BCUT2D eigenvalue weighted by Crippen LogP contribution is 2.27. The van der Waals surface area contributed by atoms with Crippen molar-refractivity contribution in [2.24, 2.45) is 0 Å². The molecule has 1 aliphatic rings. The van der Waals surface area contributed by atoms with Gasteiger partial charge in [-0.25, -0.2) is 13.2 Å². The maximum Gasteiger partial charge on any atom is 0.339 e. The Labute approximate surface area is 115 Å². The number of benzene rings is 1. The Balaban J connectivity index is 2.28. The summed E-state index contributed by atoms with van der Waals surface area (Å²) in [5.41, 5.74) is -0.152. The van der Waals surface area contributed by atoms with Gasteiger partial charge in [-0.2, -0.15) is 0 Å². The highest BCUT2D eigenvalue weighted by molar-refractivity contribution is 7.91. The average molecular weight is 302 g/mol. The summed E-state index contributed by atoms with van der Waals surface area (Å²) < 4.78 is 33.0. The molecule has 2 atom stereocenters. The summed E-state index contributed by atoms with van der Waals surface area (Å²) in [6, 6.07) is 4.14. The van der Waals surface area contributed by atoms with E-state index in [9.17, 15) is 18.3 Å². The number of aliphatic hydroxyl groups excluding tert-OH is 1. The van der Waals surface area contributed by atoms with Crippen LogP contribution in [0.1, 0.15) is 10.4 Å². The SMILES string of the molecule is COc1ccc(OC2CS(=O)(=O)CC2O)c(C(=O)O)c1. The van der Waals surface area contributed by atoms with Crippen LogP contribution in [0.2, 0.25) is 0 Å². The molecule has 7 nitrogen and oxygen atoms in total. The van der Waals surface area contributed by atoms with E-state index in [2.05, 4.69) is 0 Å². The van der Waals surface area contributed by atoms with Crippen molar-refractivity contribution in [1.29, 1.82) is 0 Å². The molecule has 8 heteroatoms. The highest BCUT2D eigenvalue weighted by Gasteiger charge is 2.38. The number of carboxylic acids is 1. The molecule has 2 rings (SSSR count). The molecule has 1 saturated heterocycles. The van der Waals surface area contributed by atoms with Crippen LogP contribution < -0.4 is 9.47 Å². The van der Waals surface area contributed by atoms with Gasteiger partial charge in [-0.05, 0) is 18.2 Å². The molecule has 1 aromatic carbocycles. The third kappa shape index (κ3) is 3.02. The van der Waals surface area contributed by atoms with Crippen LogP contribution in [0.4, 0.5) is 0 Å². The van der Waals surface area contributed by atoms with Gasteiger partial charge in [-0.15, -0.1) is 0 Å². The first-order valence-corrected chi connectivity index (χ1v) is 7.61. The van der Waals surface area contributed by atoms with Gasteiger partial charge in [-0.3, -0.25) is 0 Å². The number of rotatable bonds is 4. The number of aromatic carboxylic acids is 1. The molecule has 0 spiro atoms. The van der Waals surface area contributed by atoms with Crippen LogP contribution in [0, 0.1) is 0 Å². The monoisotopic (exact) mass is 302 g/mol. The third-order valence-corrected chi connectivity index (χ3v) is 4.65. The Bertz CT molecular complexity index is 623. The zero-order valence-corrected chi connectivity index (χ0v) is 11.5. The van der Waals surface area contributed by atoms with Crippen molar-refractivity contribution in [3.05, 3.63) is 23.8 Å². The Kier molecular flexibility index (Phi) is 3.87. The molecule has 1 heterocycles. The van der Waals surface area contributed by atoms with E-state index in [1.54, 1.807) is 0 Å². The van der Waals surface area contributed by atoms with Crippen molar-refractivity contribution in [3.63, 3.8) is 0 Å². The smallest absolute Gasteiger partial charge is 0.339 e. The van der Waals surface area contributed by atoms with Gasteiger partial charge in [0.15, 0.2) is 9.84 Å². The minimum absolute atomic E-state index is 0.000509. The second kappa shape index (κ2) is 5.29. The lowest BCUT2D eigenvalue weighted by molar-refractivity contribution is 0.0635. The van der Waals surface area contributed by atoms with Gasteiger partial charge < -0.3 is 19.7 Å². The van der Waals surface area contributed by atoms with Gasteiger partial charge in [-0.1, -0.05) is 0 Å². The molecule has 2 N–H and O–H groups in total. The van der Waals surface area contributed by atoms with Crippen molar-refractivity contribution in [1.82, 2.24) is 0 Å². The lowest BCUT2D eigenvalue weighted by Crippen LogP contribution is -2.30. The van der Waals surface area contributed by atoms with Crippen LogP contribution in [-0.4, -0.2) is 55.4 Å². The number of hydrogen-bond donors (Lipinski definition) is 2. The summed E-state index contributed by atoms with van der Waals surface area (Å²) in [5, 5.41) is 18.8. The maximum atomic E-state index is 11.4. The summed E-state index contributed by atoms with van der Waals surface area (Å²) in [7, 11) is -1.96. The van der Waals surface area contributed by atoms with Gasteiger partial charge in [0.2, 0.25) is 0 Å². The lowest BCUT2D eigenvalue weighted by atomic mass is 10.2. The first kappa shape index (κ1) is 14.6. The molecule has 0 aromatic heterocycles. The van der Waals surface area contributed by atoms with Crippen LogP contribution >= 0.6 is 0 Å². The van der Waals surface area contributed by atoms with Crippen molar-refractivity contribution in [2.75, 3.05) is 18.6 Å². The Morgan fingerprint density at radius 2 is 2.05 bits per heavy atom. The predicted molar refractivity (Wildman–Crippen MR) is 69.0 cm³/mol. The molecule has 1 aliphatic heterocycles. The first-order chi connectivity index (χ1) is 9.32. The van der Waals surface area contributed by atoms with Gasteiger partial charge in [0.1, 0.15) is 29.3 Å². The molecule has 20 heavy (non-hydrogen) atoms. The lowest BCUT2D eigenvalue weighted by Gasteiger charge is -2.17. The zero-order chi connectivity index (χ0) is 14.9. The fraction of sp³-hybridized carbons (Fsp3) is 0.417. The molecule has 0 aliphatic carbocycles. The number of carbonyl (C=O) groups is 1. The van der Waals surface area contributed by atoms with E-state index in [-0.39, 0.29) is 22.8 Å². The second-order valence-electron chi connectivity index (χ2n) is 4.47.